The van der Waals surface area contributed by atoms with E-state index in [1.807, 2.05) is 6.20 Å². The molecule has 0 fully saturated rings. The van der Waals surface area contributed by atoms with Gasteiger partial charge in [-0.3, -0.25) is 4.98 Å². The van der Waals surface area contributed by atoms with Crippen LogP contribution in [0.1, 0.15) is 44.4 Å². The Morgan fingerprint density at radius 1 is 0.585 bits per heavy atom. The highest BCUT2D eigenvalue weighted by Gasteiger charge is 2.36. The van der Waals surface area contributed by atoms with Crippen LogP contribution in [-0.4, -0.2) is 4.98 Å². The molecule has 0 saturated heterocycles. The minimum absolute atomic E-state index is 0.0767. The summed E-state index contributed by atoms with van der Waals surface area (Å²) in [7, 11) is 0. The molecule has 0 atom stereocenters. The normalized spacial score (nSPS) is 13.9. The fraction of sp³-hybridized carbons (Fsp3) is 0.175. The van der Waals surface area contributed by atoms with Crippen molar-refractivity contribution in [3.8, 4) is 22.4 Å². The SMILES string of the molecule is CC(C)Cc1ccc2cnc(-c3ccc4c(c3)-c3cc5c6ccccc6c6ccccc6c5cc3C4(C)C)cc2c1. The van der Waals surface area contributed by atoms with Crippen molar-refractivity contribution < 1.29 is 0 Å². The Hall–Kier alpha value is -4.49. The first kappa shape index (κ1) is 24.3. The summed E-state index contributed by atoms with van der Waals surface area (Å²) in [5.41, 5.74) is 8.99. The van der Waals surface area contributed by atoms with Crippen LogP contribution in [0.5, 0.6) is 0 Å². The van der Waals surface area contributed by atoms with Crippen molar-refractivity contribution in [2.45, 2.75) is 39.5 Å². The fourth-order valence-corrected chi connectivity index (χ4v) is 7.25. The molecule has 0 amide bonds. The predicted molar refractivity (Wildman–Crippen MR) is 176 cm³/mol. The largest absolute Gasteiger partial charge is 0.256 e. The molecule has 1 nitrogen and oxygen atoms in total. The summed E-state index contributed by atoms with van der Waals surface area (Å²) < 4.78 is 0. The average Bonchev–Trinajstić information content (AvgIpc) is 3.21. The highest BCUT2D eigenvalue weighted by atomic mass is 14.7. The van der Waals surface area contributed by atoms with Crippen LogP contribution >= 0.6 is 0 Å². The molecular weight excluding hydrogens is 494 g/mol. The molecular formula is C40H33N. The summed E-state index contributed by atoms with van der Waals surface area (Å²) in [5, 5.41) is 10.4. The quantitative estimate of drug-likeness (QED) is 0.208. The van der Waals surface area contributed by atoms with Gasteiger partial charge in [0.05, 0.1) is 5.69 Å². The topological polar surface area (TPSA) is 12.9 Å². The van der Waals surface area contributed by atoms with Gasteiger partial charge in [-0.1, -0.05) is 107 Å². The molecule has 0 spiro atoms. The third-order valence-electron chi connectivity index (χ3n) is 9.26. The van der Waals surface area contributed by atoms with E-state index in [0.717, 1.165) is 12.1 Å². The van der Waals surface area contributed by atoms with Crippen LogP contribution in [0.15, 0.2) is 109 Å². The second-order valence-corrected chi connectivity index (χ2v) is 12.8. The monoisotopic (exact) mass is 527 g/mol. The summed E-state index contributed by atoms with van der Waals surface area (Å²) in [6.07, 6.45) is 3.12. The van der Waals surface area contributed by atoms with Crippen molar-refractivity contribution in [3.63, 3.8) is 0 Å². The van der Waals surface area contributed by atoms with Crippen LogP contribution in [0.3, 0.4) is 0 Å². The molecule has 0 unspecified atom stereocenters. The highest BCUT2D eigenvalue weighted by molar-refractivity contribution is 6.26. The molecule has 0 radical (unpaired) electrons. The molecule has 198 valence electrons. The molecule has 6 aromatic carbocycles. The van der Waals surface area contributed by atoms with Gasteiger partial charge < -0.3 is 0 Å². The van der Waals surface area contributed by atoms with Crippen LogP contribution in [0.25, 0.3) is 65.5 Å². The van der Waals surface area contributed by atoms with E-state index in [0.29, 0.717) is 5.92 Å². The van der Waals surface area contributed by atoms with Crippen molar-refractivity contribution in [2.24, 2.45) is 5.92 Å². The van der Waals surface area contributed by atoms with Crippen LogP contribution in [0, 0.1) is 5.92 Å². The zero-order valence-electron chi connectivity index (χ0n) is 24.1. The van der Waals surface area contributed by atoms with Crippen molar-refractivity contribution in [1.82, 2.24) is 4.98 Å². The maximum atomic E-state index is 4.91. The number of hydrogen-bond acceptors (Lipinski definition) is 1. The number of nitrogens with zero attached hydrogens (tertiary/aromatic N) is 1. The van der Waals surface area contributed by atoms with Gasteiger partial charge in [-0.05, 0) is 102 Å². The predicted octanol–water partition coefficient (Wildman–Crippen LogP) is 10.9. The van der Waals surface area contributed by atoms with E-state index in [1.54, 1.807) is 0 Å². The third kappa shape index (κ3) is 3.65. The molecule has 1 aliphatic carbocycles. The molecule has 1 aliphatic rings. The standard InChI is InChI=1S/C40H33N/c1-24(2)17-25-13-14-27-23-41-39(20-28(27)18-25)26-15-16-37-35(19-26)36-21-33-31-11-7-5-9-29(31)30-10-6-8-12-32(30)34(33)22-38(36)40(37,3)4/h5-16,18-24H,17H2,1-4H3. The number of aromatic nitrogens is 1. The zero-order valence-corrected chi connectivity index (χ0v) is 24.1. The van der Waals surface area contributed by atoms with Crippen molar-refractivity contribution in [3.05, 3.63) is 126 Å². The lowest BCUT2D eigenvalue weighted by Crippen LogP contribution is -2.14. The first-order chi connectivity index (χ1) is 19.9. The lowest BCUT2D eigenvalue weighted by Gasteiger charge is -2.22. The average molecular weight is 528 g/mol. The maximum Gasteiger partial charge on any atom is 0.0708 e. The Morgan fingerprint density at radius 2 is 1.22 bits per heavy atom. The second kappa shape index (κ2) is 8.75. The summed E-state index contributed by atoms with van der Waals surface area (Å²) in [6.45, 7) is 9.30. The highest BCUT2D eigenvalue weighted by Crippen LogP contribution is 2.52. The van der Waals surface area contributed by atoms with Crippen LogP contribution < -0.4 is 0 Å². The van der Waals surface area contributed by atoms with Gasteiger partial charge in [-0.2, -0.15) is 0 Å². The number of pyridine rings is 1. The molecule has 0 N–H and O–H groups in total. The Balaban J connectivity index is 1.34. The van der Waals surface area contributed by atoms with Gasteiger partial charge in [0, 0.05) is 22.6 Å². The second-order valence-electron chi connectivity index (χ2n) is 12.8. The Labute approximate surface area is 241 Å². The number of rotatable bonds is 3. The Kier molecular flexibility index (Phi) is 5.19. The summed E-state index contributed by atoms with van der Waals surface area (Å²) in [5.74, 6) is 0.639. The summed E-state index contributed by atoms with van der Waals surface area (Å²) in [6, 6.07) is 38.7. The van der Waals surface area contributed by atoms with Crippen LogP contribution in [-0.2, 0) is 11.8 Å². The Morgan fingerprint density at radius 3 is 1.90 bits per heavy atom. The van der Waals surface area contributed by atoms with E-state index in [-0.39, 0.29) is 5.41 Å². The van der Waals surface area contributed by atoms with Gasteiger partial charge >= 0.3 is 0 Å². The summed E-state index contributed by atoms with van der Waals surface area (Å²) >= 11 is 0. The van der Waals surface area contributed by atoms with Gasteiger partial charge in [0.15, 0.2) is 0 Å². The van der Waals surface area contributed by atoms with E-state index < -0.39 is 0 Å². The van der Waals surface area contributed by atoms with Gasteiger partial charge in [0.1, 0.15) is 0 Å². The van der Waals surface area contributed by atoms with E-state index in [9.17, 15) is 0 Å². The molecule has 8 rings (SSSR count). The molecule has 0 saturated carbocycles. The van der Waals surface area contributed by atoms with Gasteiger partial charge in [0.2, 0.25) is 0 Å². The number of hydrogen-bond donors (Lipinski definition) is 0. The molecule has 1 heteroatoms. The molecule has 1 aromatic heterocycles. The number of fused-ring (bicyclic) bond motifs is 10. The number of benzene rings is 6. The van der Waals surface area contributed by atoms with Crippen LogP contribution in [0.4, 0.5) is 0 Å². The van der Waals surface area contributed by atoms with Gasteiger partial charge in [0.25, 0.3) is 0 Å². The molecule has 41 heavy (non-hydrogen) atoms. The Bertz CT molecular complexity index is 2180. The summed E-state index contributed by atoms with van der Waals surface area (Å²) in [4.78, 5) is 4.91. The zero-order chi connectivity index (χ0) is 27.9. The van der Waals surface area contributed by atoms with Crippen LogP contribution in [0.2, 0.25) is 0 Å². The lowest BCUT2D eigenvalue weighted by molar-refractivity contribution is 0.648. The van der Waals surface area contributed by atoms with E-state index >= 15 is 0 Å². The van der Waals surface area contributed by atoms with Gasteiger partial charge in [-0.25, -0.2) is 0 Å². The first-order valence-corrected chi connectivity index (χ1v) is 14.8. The minimum Gasteiger partial charge on any atom is -0.256 e. The fourth-order valence-electron chi connectivity index (χ4n) is 7.25. The first-order valence-electron chi connectivity index (χ1n) is 14.8. The molecule has 0 aliphatic heterocycles. The van der Waals surface area contributed by atoms with E-state index in [4.69, 9.17) is 4.98 Å². The van der Waals surface area contributed by atoms with E-state index in [1.165, 1.54) is 76.5 Å². The molecule has 0 bridgehead atoms. The van der Waals surface area contributed by atoms with E-state index in [2.05, 4.69) is 131 Å². The maximum absolute atomic E-state index is 4.91. The minimum atomic E-state index is -0.0767. The van der Waals surface area contributed by atoms with Crippen molar-refractivity contribution >= 4 is 43.1 Å². The lowest BCUT2D eigenvalue weighted by atomic mass is 9.81. The third-order valence-corrected chi connectivity index (χ3v) is 9.26. The van der Waals surface area contributed by atoms with Gasteiger partial charge in [-0.15, -0.1) is 0 Å². The smallest absolute Gasteiger partial charge is 0.0708 e. The van der Waals surface area contributed by atoms with Crippen molar-refractivity contribution in [1.29, 1.82) is 0 Å². The van der Waals surface area contributed by atoms with Crippen molar-refractivity contribution in [2.75, 3.05) is 0 Å². The molecule has 1 heterocycles. The molecule has 7 aromatic rings.